The van der Waals surface area contributed by atoms with Crippen molar-refractivity contribution in [2.45, 2.75) is 0 Å². The van der Waals surface area contributed by atoms with Crippen LogP contribution < -0.4 is 15.8 Å². The van der Waals surface area contributed by atoms with Gasteiger partial charge >= 0.3 is 0 Å². The average molecular weight is 408 g/mol. The number of para-hydroxylation sites is 1. The molecule has 2 heterocycles. The largest absolute Gasteiger partial charge is 0.435 e. The number of anilines is 3. The van der Waals surface area contributed by atoms with Crippen LogP contribution in [0.4, 0.5) is 17.2 Å². The van der Waals surface area contributed by atoms with Gasteiger partial charge in [0, 0.05) is 21.7 Å². The Hall–Kier alpha value is -3.19. The number of nitrogens with two attached hydrogens (primary N) is 1. The van der Waals surface area contributed by atoms with Gasteiger partial charge < -0.3 is 15.8 Å². The highest BCUT2D eigenvalue weighted by Crippen LogP contribution is 2.35. The summed E-state index contributed by atoms with van der Waals surface area (Å²) >= 11 is 3.52. The summed E-state index contributed by atoms with van der Waals surface area (Å²) in [4.78, 5) is 12.8. The van der Waals surface area contributed by atoms with E-state index in [1.54, 1.807) is 6.20 Å². The number of fused-ring (bicyclic) bond motifs is 1. The van der Waals surface area contributed by atoms with E-state index in [1.165, 1.54) is 6.33 Å². The van der Waals surface area contributed by atoms with Crippen LogP contribution >= 0.6 is 15.9 Å². The van der Waals surface area contributed by atoms with Gasteiger partial charge in [-0.2, -0.15) is 4.98 Å². The molecule has 6 nitrogen and oxygen atoms in total. The van der Waals surface area contributed by atoms with Gasteiger partial charge in [-0.25, -0.2) is 4.98 Å². The standard InChI is InChI=1S/C19H14BrN5O/c20-14-8-9-15(17-13(14)7-4-10-22-17)26-19-16(21)18(23-11-24-19)25-12-5-2-1-3-6-12/h1-11H,21H2,(H,23,24,25). The first-order valence-corrected chi connectivity index (χ1v) is 8.65. The van der Waals surface area contributed by atoms with Crippen LogP contribution in [-0.2, 0) is 0 Å². The van der Waals surface area contributed by atoms with E-state index in [0.717, 1.165) is 21.1 Å². The molecule has 0 aliphatic rings. The van der Waals surface area contributed by atoms with Gasteiger partial charge in [0.05, 0.1) is 0 Å². The molecule has 0 aliphatic heterocycles. The average Bonchev–Trinajstić information content (AvgIpc) is 2.68. The van der Waals surface area contributed by atoms with Crippen LogP contribution in [0.25, 0.3) is 10.9 Å². The molecule has 0 amide bonds. The van der Waals surface area contributed by atoms with Crippen LogP contribution in [0.2, 0.25) is 0 Å². The van der Waals surface area contributed by atoms with Gasteiger partial charge in [0.25, 0.3) is 0 Å². The molecule has 7 heteroatoms. The normalized spacial score (nSPS) is 10.7. The number of nitrogens with one attached hydrogen (secondary N) is 1. The summed E-state index contributed by atoms with van der Waals surface area (Å²) in [6.45, 7) is 0. The molecule has 0 fully saturated rings. The number of ether oxygens (including phenoxy) is 1. The van der Waals surface area contributed by atoms with E-state index in [0.29, 0.717) is 17.3 Å². The Kier molecular flexibility index (Phi) is 4.37. The molecule has 0 saturated heterocycles. The van der Waals surface area contributed by atoms with Crippen LogP contribution in [0.5, 0.6) is 11.6 Å². The Morgan fingerprint density at radius 2 is 1.77 bits per heavy atom. The van der Waals surface area contributed by atoms with Crippen LogP contribution in [-0.4, -0.2) is 15.0 Å². The smallest absolute Gasteiger partial charge is 0.248 e. The molecule has 0 aliphatic carbocycles. The highest BCUT2D eigenvalue weighted by molar-refractivity contribution is 9.10. The molecule has 3 N–H and O–H groups in total. The third-order valence-electron chi connectivity index (χ3n) is 3.77. The molecular formula is C19H14BrN5O. The maximum Gasteiger partial charge on any atom is 0.248 e. The lowest BCUT2D eigenvalue weighted by atomic mass is 10.2. The van der Waals surface area contributed by atoms with Crippen molar-refractivity contribution in [2.75, 3.05) is 11.1 Å². The molecule has 26 heavy (non-hydrogen) atoms. The van der Waals surface area contributed by atoms with Crippen molar-refractivity contribution in [3.8, 4) is 11.6 Å². The maximum atomic E-state index is 6.21. The predicted octanol–water partition coefficient (Wildman–Crippen LogP) is 4.91. The van der Waals surface area contributed by atoms with E-state index in [-0.39, 0.29) is 5.88 Å². The van der Waals surface area contributed by atoms with Crippen LogP contribution in [0, 0.1) is 0 Å². The highest BCUT2D eigenvalue weighted by atomic mass is 79.9. The van der Waals surface area contributed by atoms with E-state index in [4.69, 9.17) is 10.5 Å². The quantitative estimate of drug-likeness (QED) is 0.499. The van der Waals surface area contributed by atoms with Gasteiger partial charge in [-0.05, 0) is 30.3 Å². The highest BCUT2D eigenvalue weighted by Gasteiger charge is 2.13. The minimum Gasteiger partial charge on any atom is -0.435 e. The number of hydrogen-bond donors (Lipinski definition) is 2. The van der Waals surface area contributed by atoms with E-state index >= 15 is 0 Å². The number of nitrogen functional groups attached to an aromatic ring is 1. The fourth-order valence-electron chi connectivity index (χ4n) is 2.52. The van der Waals surface area contributed by atoms with Crippen molar-refractivity contribution in [1.82, 2.24) is 15.0 Å². The van der Waals surface area contributed by atoms with E-state index in [2.05, 4.69) is 36.2 Å². The first-order chi connectivity index (χ1) is 12.7. The van der Waals surface area contributed by atoms with Crippen molar-refractivity contribution in [1.29, 1.82) is 0 Å². The first kappa shape index (κ1) is 16.3. The lowest BCUT2D eigenvalue weighted by Crippen LogP contribution is -2.03. The zero-order valence-corrected chi connectivity index (χ0v) is 15.1. The second-order valence-electron chi connectivity index (χ2n) is 5.48. The fraction of sp³-hybridized carbons (Fsp3) is 0. The zero-order chi connectivity index (χ0) is 17.9. The minimum absolute atomic E-state index is 0.271. The Morgan fingerprint density at radius 1 is 0.923 bits per heavy atom. The third kappa shape index (κ3) is 3.16. The van der Waals surface area contributed by atoms with Gasteiger partial charge in [0.2, 0.25) is 5.88 Å². The van der Waals surface area contributed by atoms with Gasteiger partial charge in [-0.1, -0.05) is 40.2 Å². The Bertz CT molecular complexity index is 1070. The minimum atomic E-state index is 0.271. The summed E-state index contributed by atoms with van der Waals surface area (Å²) in [5, 5.41) is 4.11. The number of halogens is 1. The predicted molar refractivity (Wildman–Crippen MR) is 106 cm³/mol. The summed E-state index contributed by atoms with van der Waals surface area (Å²) in [6, 6.07) is 17.2. The molecule has 0 atom stereocenters. The van der Waals surface area contributed by atoms with E-state index in [9.17, 15) is 0 Å². The number of pyridine rings is 1. The maximum absolute atomic E-state index is 6.21. The van der Waals surface area contributed by atoms with Gasteiger partial charge in [0.15, 0.2) is 11.6 Å². The molecule has 4 rings (SSSR count). The number of rotatable bonds is 4. The number of nitrogens with zero attached hydrogens (tertiary/aromatic N) is 3. The summed E-state index contributed by atoms with van der Waals surface area (Å²) in [6.07, 6.45) is 3.12. The Labute approximate surface area is 158 Å². The third-order valence-corrected chi connectivity index (χ3v) is 4.46. The molecule has 0 bridgehead atoms. The monoisotopic (exact) mass is 407 g/mol. The van der Waals surface area contributed by atoms with Gasteiger partial charge in [-0.3, -0.25) is 4.98 Å². The van der Waals surface area contributed by atoms with Crippen molar-refractivity contribution >= 4 is 44.0 Å². The zero-order valence-electron chi connectivity index (χ0n) is 13.6. The summed E-state index contributed by atoms with van der Waals surface area (Å²) in [7, 11) is 0. The van der Waals surface area contributed by atoms with Gasteiger partial charge in [0.1, 0.15) is 17.5 Å². The van der Waals surface area contributed by atoms with Crippen molar-refractivity contribution in [3.05, 3.63) is 71.6 Å². The van der Waals surface area contributed by atoms with E-state index in [1.807, 2.05) is 54.6 Å². The topological polar surface area (TPSA) is 86.0 Å². The number of hydrogen-bond acceptors (Lipinski definition) is 6. The second kappa shape index (κ2) is 6.97. The second-order valence-corrected chi connectivity index (χ2v) is 6.33. The van der Waals surface area contributed by atoms with E-state index < -0.39 is 0 Å². The molecule has 0 unspecified atom stereocenters. The molecule has 0 spiro atoms. The molecular weight excluding hydrogens is 394 g/mol. The van der Waals surface area contributed by atoms with Crippen LogP contribution in [0.3, 0.4) is 0 Å². The van der Waals surface area contributed by atoms with Crippen molar-refractivity contribution < 1.29 is 4.74 Å². The molecule has 4 aromatic rings. The lowest BCUT2D eigenvalue weighted by Gasteiger charge is -2.13. The van der Waals surface area contributed by atoms with Crippen LogP contribution in [0.15, 0.2) is 71.6 Å². The molecule has 128 valence electrons. The summed E-state index contributed by atoms with van der Waals surface area (Å²) in [5.41, 5.74) is 8.13. The number of aromatic nitrogens is 3. The molecule has 2 aromatic heterocycles. The summed E-state index contributed by atoms with van der Waals surface area (Å²) in [5.74, 6) is 1.32. The van der Waals surface area contributed by atoms with Crippen molar-refractivity contribution in [3.63, 3.8) is 0 Å². The SMILES string of the molecule is Nc1c(Nc2ccccc2)ncnc1Oc1ccc(Br)c2cccnc12. The van der Waals surface area contributed by atoms with Crippen molar-refractivity contribution in [2.24, 2.45) is 0 Å². The fourth-order valence-corrected chi connectivity index (χ4v) is 2.97. The lowest BCUT2D eigenvalue weighted by molar-refractivity contribution is 0.469. The molecule has 0 radical (unpaired) electrons. The molecule has 2 aromatic carbocycles. The first-order valence-electron chi connectivity index (χ1n) is 7.86. The van der Waals surface area contributed by atoms with Gasteiger partial charge in [-0.15, -0.1) is 0 Å². The summed E-state index contributed by atoms with van der Waals surface area (Å²) < 4.78 is 6.90. The van der Waals surface area contributed by atoms with Crippen LogP contribution in [0.1, 0.15) is 0 Å². The number of benzene rings is 2. The Morgan fingerprint density at radius 3 is 2.62 bits per heavy atom. The molecule has 0 saturated carbocycles. The Balaban J connectivity index is 1.70.